The van der Waals surface area contributed by atoms with Gasteiger partial charge >= 0.3 is 0 Å². The zero-order chi connectivity index (χ0) is 30.5. The average molecular weight is 578 g/mol. The van der Waals surface area contributed by atoms with E-state index in [1.807, 2.05) is 39.8 Å². The summed E-state index contributed by atoms with van der Waals surface area (Å²) in [5.41, 5.74) is 4.73. The number of hydrogen-bond acceptors (Lipinski definition) is 7. The Morgan fingerprint density at radius 3 is 1.48 bits per heavy atom. The first-order valence-electron chi connectivity index (χ1n) is 15.9. The zero-order valence-corrected chi connectivity index (χ0v) is 26.5. The summed E-state index contributed by atoms with van der Waals surface area (Å²) in [6.07, 6.45) is 13.5. The van der Waals surface area contributed by atoms with Gasteiger partial charge in [-0.05, 0) is 106 Å². The molecule has 0 saturated carbocycles. The van der Waals surface area contributed by atoms with Crippen LogP contribution in [0.4, 0.5) is 0 Å². The van der Waals surface area contributed by atoms with Gasteiger partial charge in [0.05, 0.1) is 11.1 Å². The van der Waals surface area contributed by atoms with Crippen LogP contribution >= 0.6 is 0 Å². The Morgan fingerprint density at radius 2 is 1.10 bits per heavy atom. The molecule has 0 bridgehead atoms. The first-order chi connectivity index (χ1) is 19.8. The number of aliphatic hydroxyl groups excluding tert-OH is 2. The Morgan fingerprint density at radius 1 is 0.690 bits per heavy atom. The number of ketones is 2. The van der Waals surface area contributed by atoms with Gasteiger partial charge < -0.3 is 15.1 Å². The summed E-state index contributed by atoms with van der Waals surface area (Å²) in [7, 11) is 2.13. The third kappa shape index (κ3) is 8.62. The first-order valence-corrected chi connectivity index (χ1v) is 15.9. The number of allylic oxidation sites excluding steroid dienone is 8. The number of aliphatic hydroxyl groups is 2. The topological polar surface area (TPSA) is 103 Å². The van der Waals surface area contributed by atoms with E-state index in [9.17, 15) is 19.8 Å². The molecule has 0 fully saturated rings. The lowest BCUT2D eigenvalue weighted by Gasteiger charge is -2.31. The van der Waals surface area contributed by atoms with E-state index in [-0.39, 0.29) is 33.9 Å². The fraction of sp³-hybridized carbons (Fsp3) is 0.657. The number of rotatable bonds is 10. The van der Waals surface area contributed by atoms with Crippen LogP contribution in [0.15, 0.2) is 55.9 Å². The van der Waals surface area contributed by atoms with Gasteiger partial charge in [0, 0.05) is 50.2 Å². The van der Waals surface area contributed by atoms with Crippen molar-refractivity contribution < 1.29 is 19.8 Å². The highest BCUT2D eigenvalue weighted by Gasteiger charge is 2.36. The molecule has 0 aromatic rings. The molecule has 4 aliphatic carbocycles. The number of aliphatic imine (C=N–C) groups is 2. The van der Waals surface area contributed by atoms with E-state index in [1.54, 1.807) is 0 Å². The molecule has 0 unspecified atom stereocenters. The summed E-state index contributed by atoms with van der Waals surface area (Å²) in [4.78, 5) is 37.5. The predicted octanol–water partition coefficient (Wildman–Crippen LogP) is 7.20. The lowest BCUT2D eigenvalue weighted by Crippen LogP contribution is -2.27. The summed E-state index contributed by atoms with van der Waals surface area (Å²) in [6.45, 7) is 11.5. The third-order valence-corrected chi connectivity index (χ3v) is 8.81. The van der Waals surface area contributed by atoms with Crippen molar-refractivity contribution in [1.29, 1.82) is 0 Å². The van der Waals surface area contributed by atoms with Gasteiger partial charge in [-0.2, -0.15) is 0 Å². The fourth-order valence-corrected chi connectivity index (χ4v) is 6.80. The Bertz CT molecular complexity index is 1160. The Labute approximate surface area is 252 Å². The van der Waals surface area contributed by atoms with Gasteiger partial charge in [0.1, 0.15) is 11.5 Å². The Balaban J connectivity index is 1.22. The van der Waals surface area contributed by atoms with Crippen molar-refractivity contribution in [2.24, 2.45) is 20.8 Å². The van der Waals surface area contributed by atoms with Crippen LogP contribution < -0.4 is 0 Å². The second-order valence-electron chi connectivity index (χ2n) is 14.3. The molecular formula is C35H51N3O4. The highest BCUT2D eigenvalue weighted by molar-refractivity contribution is 6.06. The van der Waals surface area contributed by atoms with E-state index in [1.165, 1.54) is 0 Å². The smallest absolute Gasteiger partial charge is 0.167 e. The van der Waals surface area contributed by atoms with Crippen LogP contribution in [0.1, 0.15) is 105 Å². The highest BCUT2D eigenvalue weighted by Crippen LogP contribution is 2.41. The quantitative estimate of drug-likeness (QED) is 0.267. The number of carbonyl (C=O) groups is 2. The van der Waals surface area contributed by atoms with Crippen LogP contribution in [0.5, 0.6) is 0 Å². The third-order valence-electron chi connectivity index (χ3n) is 8.81. The second-order valence-corrected chi connectivity index (χ2v) is 14.3. The molecule has 0 radical (unpaired) electrons. The van der Waals surface area contributed by atoms with Crippen molar-refractivity contribution in [2.75, 3.05) is 33.2 Å². The van der Waals surface area contributed by atoms with Crippen molar-refractivity contribution in [3.8, 4) is 0 Å². The van der Waals surface area contributed by atoms with Gasteiger partial charge in [0.15, 0.2) is 11.6 Å². The molecule has 4 rings (SSSR count). The maximum absolute atomic E-state index is 12.7. The number of hydrogen-bond donors (Lipinski definition) is 2. The van der Waals surface area contributed by atoms with Crippen LogP contribution in [0, 0.1) is 10.8 Å². The summed E-state index contributed by atoms with van der Waals surface area (Å²) in [6, 6.07) is 0. The van der Waals surface area contributed by atoms with E-state index in [2.05, 4.69) is 11.9 Å². The minimum absolute atomic E-state index is 0.0584. The van der Waals surface area contributed by atoms with E-state index in [0.29, 0.717) is 36.8 Å². The van der Waals surface area contributed by atoms with Crippen molar-refractivity contribution in [3.05, 3.63) is 46.0 Å². The number of carbonyl (C=O) groups excluding carboxylic acids is 2. The molecule has 0 spiro atoms. The van der Waals surface area contributed by atoms with Gasteiger partial charge in [-0.3, -0.25) is 19.6 Å². The van der Waals surface area contributed by atoms with Crippen molar-refractivity contribution >= 4 is 23.0 Å². The minimum Gasteiger partial charge on any atom is -0.512 e. The molecule has 0 atom stereocenters. The van der Waals surface area contributed by atoms with Gasteiger partial charge in [-0.15, -0.1) is 0 Å². The SMILES string of the molecule is CN(CCCN=C1C=C(C2=C(O)CC(C)(C)CC2=O)CCC1)CCCN=C1C=C(C2=C(O)CC(C)(C)CC2=O)CCC1. The van der Waals surface area contributed by atoms with E-state index < -0.39 is 0 Å². The van der Waals surface area contributed by atoms with E-state index in [0.717, 1.165) is 100 Å². The molecule has 0 saturated heterocycles. The number of nitrogens with zero attached hydrogens (tertiary/aromatic N) is 3. The molecule has 4 aliphatic rings. The monoisotopic (exact) mass is 577 g/mol. The molecule has 7 nitrogen and oxygen atoms in total. The van der Waals surface area contributed by atoms with Gasteiger partial charge in [0.2, 0.25) is 0 Å². The van der Waals surface area contributed by atoms with Crippen LogP contribution in [-0.4, -0.2) is 71.3 Å². The molecule has 2 N–H and O–H groups in total. The highest BCUT2D eigenvalue weighted by atomic mass is 16.3. The molecule has 0 amide bonds. The van der Waals surface area contributed by atoms with Gasteiger partial charge in [-0.1, -0.05) is 27.7 Å². The molecule has 0 heterocycles. The maximum Gasteiger partial charge on any atom is 0.167 e. The predicted molar refractivity (Wildman–Crippen MR) is 171 cm³/mol. The van der Waals surface area contributed by atoms with Gasteiger partial charge in [0.25, 0.3) is 0 Å². The normalized spacial score (nSPS) is 25.0. The van der Waals surface area contributed by atoms with E-state index >= 15 is 0 Å². The summed E-state index contributed by atoms with van der Waals surface area (Å²) in [5.74, 6) is 0.609. The molecule has 7 heteroatoms. The molecule has 0 aliphatic heterocycles. The largest absolute Gasteiger partial charge is 0.512 e. The van der Waals surface area contributed by atoms with Crippen LogP contribution in [-0.2, 0) is 9.59 Å². The molecule has 42 heavy (non-hydrogen) atoms. The van der Waals surface area contributed by atoms with Crippen molar-refractivity contribution in [1.82, 2.24) is 4.90 Å². The lowest BCUT2D eigenvalue weighted by atomic mass is 9.74. The summed E-state index contributed by atoms with van der Waals surface area (Å²) >= 11 is 0. The van der Waals surface area contributed by atoms with Crippen molar-refractivity contribution in [3.63, 3.8) is 0 Å². The molecule has 230 valence electrons. The standard InChI is InChI=1S/C35H51N3O4/c1-34(2)20-28(39)32(29(40)21-34)24-10-6-12-26(18-24)36-14-8-16-38(5)17-9-15-37-27-13-7-11-25(19-27)33-30(41)22-35(3,4)23-31(33)42/h18-19,39,41H,6-17,20-23H2,1-5H3. The van der Waals surface area contributed by atoms with Crippen molar-refractivity contribution in [2.45, 2.75) is 105 Å². The van der Waals surface area contributed by atoms with E-state index in [4.69, 9.17) is 9.98 Å². The van der Waals surface area contributed by atoms with Crippen LogP contribution in [0.2, 0.25) is 0 Å². The molecule has 0 aromatic heterocycles. The fourth-order valence-electron chi connectivity index (χ4n) is 6.80. The minimum atomic E-state index is -0.177. The molecule has 0 aromatic carbocycles. The maximum atomic E-state index is 12.7. The van der Waals surface area contributed by atoms with Gasteiger partial charge in [-0.25, -0.2) is 0 Å². The summed E-state index contributed by atoms with van der Waals surface area (Å²) < 4.78 is 0. The van der Waals surface area contributed by atoms with Crippen LogP contribution in [0.25, 0.3) is 0 Å². The van der Waals surface area contributed by atoms with Crippen LogP contribution in [0.3, 0.4) is 0 Å². The second kappa shape index (κ2) is 13.7. The number of Topliss-reactive ketones (excluding diaryl/α,β-unsaturated/α-hetero) is 2. The average Bonchev–Trinajstić information content (AvgIpc) is 2.87. The molecular weight excluding hydrogens is 526 g/mol. The Hall–Kier alpha value is -2.80. The Kier molecular flexibility index (Phi) is 10.4. The first kappa shape index (κ1) is 32.1. The lowest BCUT2D eigenvalue weighted by molar-refractivity contribution is -0.119. The summed E-state index contributed by atoms with van der Waals surface area (Å²) in [5, 5.41) is 21.2. The zero-order valence-electron chi connectivity index (χ0n) is 26.5.